The number of carbonyl (C=O) groups is 2. The van der Waals surface area contributed by atoms with Crippen LogP contribution in [0.3, 0.4) is 0 Å². The molecule has 2 amide bonds. The molecular weight excluding hydrogens is 392 g/mol. The highest BCUT2D eigenvalue weighted by Gasteiger charge is 2.29. The molecule has 0 spiro atoms. The van der Waals surface area contributed by atoms with E-state index < -0.39 is 17.0 Å². The molecule has 0 saturated heterocycles. The van der Waals surface area contributed by atoms with E-state index in [-0.39, 0.29) is 11.8 Å². The normalized spacial score (nSPS) is 11.7. The summed E-state index contributed by atoms with van der Waals surface area (Å²) in [5, 5.41) is 5.89. The van der Waals surface area contributed by atoms with E-state index in [0.29, 0.717) is 23.7 Å². The van der Waals surface area contributed by atoms with Gasteiger partial charge in [0.1, 0.15) is 12.8 Å². The molecule has 0 fully saturated rings. The van der Waals surface area contributed by atoms with E-state index in [9.17, 15) is 9.59 Å². The van der Waals surface area contributed by atoms with E-state index in [1.807, 2.05) is 77.9 Å². The zero-order chi connectivity index (χ0) is 23.2. The van der Waals surface area contributed by atoms with Gasteiger partial charge in [0.25, 0.3) is 0 Å². The third-order valence-corrected chi connectivity index (χ3v) is 4.67. The Balaban J connectivity index is 2.34. The number of benzene rings is 2. The van der Waals surface area contributed by atoms with Crippen molar-refractivity contribution in [3.8, 4) is 11.5 Å². The van der Waals surface area contributed by atoms with E-state index in [0.717, 1.165) is 5.56 Å². The SMILES string of the molecule is COc1ccc(C(NC(=O)C(C)(C)C)NC(=O)C(C)(C)C)cc1OCc1ccccc1. The van der Waals surface area contributed by atoms with Crippen molar-refractivity contribution >= 4 is 11.8 Å². The van der Waals surface area contributed by atoms with Gasteiger partial charge in [-0.3, -0.25) is 9.59 Å². The van der Waals surface area contributed by atoms with Gasteiger partial charge in [0.2, 0.25) is 11.8 Å². The third-order valence-electron chi connectivity index (χ3n) is 4.67. The summed E-state index contributed by atoms with van der Waals surface area (Å²) in [4.78, 5) is 25.4. The van der Waals surface area contributed by atoms with E-state index in [1.54, 1.807) is 19.2 Å². The molecule has 0 aliphatic heterocycles. The quantitative estimate of drug-likeness (QED) is 0.635. The maximum atomic E-state index is 12.7. The van der Waals surface area contributed by atoms with Gasteiger partial charge in [0, 0.05) is 10.8 Å². The molecule has 0 bridgehead atoms. The molecule has 2 N–H and O–H groups in total. The van der Waals surface area contributed by atoms with Crippen LogP contribution < -0.4 is 20.1 Å². The van der Waals surface area contributed by atoms with Crippen LogP contribution in [0.5, 0.6) is 11.5 Å². The lowest BCUT2D eigenvalue weighted by molar-refractivity contribution is -0.132. The van der Waals surface area contributed by atoms with Gasteiger partial charge in [0.15, 0.2) is 11.5 Å². The first-order valence-corrected chi connectivity index (χ1v) is 10.4. The van der Waals surface area contributed by atoms with E-state index in [1.165, 1.54) is 0 Å². The second-order valence-corrected chi connectivity index (χ2v) is 9.56. The van der Waals surface area contributed by atoms with Gasteiger partial charge in [0.05, 0.1) is 7.11 Å². The Morgan fingerprint density at radius 1 is 0.839 bits per heavy atom. The van der Waals surface area contributed by atoms with Crippen molar-refractivity contribution in [3.63, 3.8) is 0 Å². The average molecular weight is 427 g/mol. The molecule has 31 heavy (non-hydrogen) atoms. The molecule has 0 saturated carbocycles. The topological polar surface area (TPSA) is 76.7 Å². The molecule has 0 aliphatic carbocycles. The fourth-order valence-electron chi connectivity index (χ4n) is 2.62. The molecule has 0 radical (unpaired) electrons. The van der Waals surface area contributed by atoms with Crippen LogP contribution in [-0.4, -0.2) is 18.9 Å². The van der Waals surface area contributed by atoms with Crippen molar-refractivity contribution < 1.29 is 19.1 Å². The highest BCUT2D eigenvalue weighted by atomic mass is 16.5. The van der Waals surface area contributed by atoms with Gasteiger partial charge in [-0.05, 0) is 23.3 Å². The van der Waals surface area contributed by atoms with Gasteiger partial charge >= 0.3 is 0 Å². The highest BCUT2D eigenvalue weighted by Crippen LogP contribution is 2.31. The summed E-state index contributed by atoms with van der Waals surface area (Å²) in [5.41, 5.74) is 0.501. The summed E-state index contributed by atoms with van der Waals surface area (Å²) < 4.78 is 11.4. The molecule has 0 atom stereocenters. The molecule has 0 heterocycles. The molecule has 0 aromatic heterocycles. The van der Waals surface area contributed by atoms with Gasteiger partial charge in [-0.25, -0.2) is 0 Å². The Morgan fingerprint density at radius 3 is 1.87 bits per heavy atom. The number of methoxy groups -OCH3 is 1. The standard InChI is InChI=1S/C25H34N2O4/c1-24(2,3)22(28)26-21(27-23(29)25(4,5)6)18-13-14-19(30-7)20(15-18)31-16-17-11-9-8-10-12-17/h8-15,21H,16H2,1-7H3,(H,26,28)(H,27,29). The van der Waals surface area contributed by atoms with Gasteiger partial charge in [-0.2, -0.15) is 0 Å². The number of carbonyl (C=O) groups excluding carboxylic acids is 2. The van der Waals surface area contributed by atoms with Crippen LogP contribution in [0.1, 0.15) is 58.8 Å². The number of nitrogens with one attached hydrogen (secondary N) is 2. The minimum atomic E-state index is -0.705. The zero-order valence-corrected chi connectivity index (χ0v) is 19.5. The van der Waals surface area contributed by atoms with E-state index in [4.69, 9.17) is 9.47 Å². The van der Waals surface area contributed by atoms with Gasteiger partial charge in [-0.1, -0.05) is 77.9 Å². The van der Waals surface area contributed by atoms with E-state index in [2.05, 4.69) is 10.6 Å². The summed E-state index contributed by atoms with van der Waals surface area (Å²) in [6.07, 6.45) is -0.705. The molecule has 2 aromatic carbocycles. The number of rotatable bonds is 7. The fraction of sp³-hybridized carbons (Fsp3) is 0.440. The number of ether oxygens (including phenoxy) is 2. The molecule has 6 heteroatoms. The fourth-order valence-corrected chi connectivity index (χ4v) is 2.62. The van der Waals surface area contributed by atoms with Crippen LogP contribution in [0.25, 0.3) is 0 Å². The predicted octanol–water partition coefficient (Wildman–Crippen LogP) is 4.60. The second kappa shape index (κ2) is 9.86. The summed E-state index contributed by atoms with van der Waals surface area (Å²) >= 11 is 0. The Bertz CT molecular complexity index is 868. The first kappa shape index (κ1) is 24.3. The van der Waals surface area contributed by atoms with Gasteiger partial charge in [-0.15, -0.1) is 0 Å². The lowest BCUT2D eigenvalue weighted by Crippen LogP contribution is -2.47. The van der Waals surface area contributed by atoms with Gasteiger partial charge < -0.3 is 20.1 Å². The summed E-state index contributed by atoms with van der Waals surface area (Å²) in [5.74, 6) is 0.759. The van der Waals surface area contributed by atoms with Crippen molar-refractivity contribution in [2.45, 2.75) is 54.3 Å². The maximum absolute atomic E-state index is 12.7. The average Bonchev–Trinajstić information content (AvgIpc) is 2.70. The molecule has 2 aromatic rings. The minimum Gasteiger partial charge on any atom is -0.493 e. The molecule has 2 rings (SSSR count). The van der Waals surface area contributed by atoms with Crippen LogP contribution in [0, 0.1) is 10.8 Å². The third kappa shape index (κ3) is 7.02. The minimum absolute atomic E-state index is 0.172. The summed E-state index contributed by atoms with van der Waals surface area (Å²) in [7, 11) is 1.57. The van der Waals surface area contributed by atoms with Crippen molar-refractivity contribution in [1.29, 1.82) is 0 Å². The van der Waals surface area contributed by atoms with Crippen LogP contribution in [-0.2, 0) is 16.2 Å². The van der Waals surface area contributed by atoms with Crippen LogP contribution in [0.15, 0.2) is 48.5 Å². The highest BCUT2D eigenvalue weighted by molar-refractivity contribution is 5.84. The predicted molar refractivity (Wildman–Crippen MR) is 122 cm³/mol. The first-order valence-electron chi connectivity index (χ1n) is 10.4. The van der Waals surface area contributed by atoms with E-state index >= 15 is 0 Å². The summed E-state index contributed by atoms with van der Waals surface area (Å²) in [6, 6.07) is 15.2. The Hall–Kier alpha value is -3.02. The lowest BCUT2D eigenvalue weighted by atomic mass is 9.94. The number of hydrogen-bond donors (Lipinski definition) is 2. The molecular formula is C25H34N2O4. The Labute approximate surface area is 185 Å². The lowest BCUT2D eigenvalue weighted by Gasteiger charge is -2.28. The largest absolute Gasteiger partial charge is 0.493 e. The molecule has 168 valence electrons. The number of amides is 2. The monoisotopic (exact) mass is 426 g/mol. The van der Waals surface area contributed by atoms with Crippen LogP contribution in [0.4, 0.5) is 0 Å². The number of hydrogen-bond acceptors (Lipinski definition) is 4. The zero-order valence-electron chi connectivity index (χ0n) is 19.5. The first-order chi connectivity index (χ1) is 14.4. The van der Waals surface area contributed by atoms with Crippen molar-refractivity contribution in [2.75, 3.05) is 7.11 Å². The molecule has 0 aliphatic rings. The smallest absolute Gasteiger partial charge is 0.227 e. The Morgan fingerprint density at radius 2 is 1.39 bits per heavy atom. The summed E-state index contributed by atoms with van der Waals surface area (Å²) in [6.45, 7) is 11.3. The maximum Gasteiger partial charge on any atom is 0.227 e. The van der Waals surface area contributed by atoms with Crippen molar-refractivity contribution in [2.24, 2.45) is 10.8 Å². The van der Waals surface area contributed by atoms with Crippen molar-refractivity contribution in [1.82, 2.24) is 10.6 Å². The van der Waals surface area contributed by atoms with Crippen LogP contribution >= 0.6 is 0 Å². The van der Waals surface area contributed by atoms with Crippen LogP contribution in [0.2, 0.25) is 0 Å². The Kier molecular flexibility index (Phi) is 7.71. The molecule has 6 nitrogen and oxygen atoms in total. The molecule has 0 unspecified atom stereocenters. The second-order valence-electron chi connectivity index (χ2n) is 9.56. The van der Waals surface area contributed by atoms with Crippen molar-refractivity contribution in [3.05, 3.63) is 59.7 Å².